The molecule has 0 spiro atoms. The first kappa shape index (κ1) is 17.7. The molecule has 1 unspecified atom stereocenters. The number of rotatable bonds is 7. The number of benzene rings is 2. The standard InChI is InChI=1S/C18H21FN2O3/c1-12(14-6-4-5-7-15(14)19)20-11-18(22)21-13-8-9-16(23-2)17(10-13)24-3/h4-10,12,20H,11H2,1-3H3,(H,21,22). The normalized spacial score (nSPS) is 11.7. The Kier molecular flexibility index (Phi) is 6.14. The molecule has 0 aliphatic heterocycles. The highest BCUT2D eigenvalue weighted by atomic mass is 19.1. The van der Waals surface area contributed by atoms with Gasteiger partial charge in [0.2, 0.25) is 5.91 Å². The van der Waals surface area contributed by atoms with Crippen LogP contribution in [0, 0.1) is 5.82 Å². The van der Waals surface area contributed by atoms with E-state index in [9.17, 15) is 9.18 Å². The Morgan fingerprint density at radius 3 is 2.50 bits per heavy atom. The van der Waals surface area contributed by atoms with E-state index >= 15 is 0 Å². The average molecular weight is 332 g/mol. The molecular formula is C18H21FN2O3. The number of ether oxygens (including phenoxy) is 2. The number of hydrogen-bond acceptors (Lipinski definition) is 4. The summed E-state index contributed by atoms with van der Waals surface area (Å²) in [5.41, 5.74) is 1.12. The maximum absolute atomic E-state index is 13.7. The SMILES string of the molecule is COc1ccc(NC(=O)CNC(C)c2ccccc2F)cc1OC. The Hall–Kier alpha value is -2.60. The second-order valence-electron chi connectivity index (χ2n) is 5.24. The highest BCUT2D eigenvalue weighted by Gasteiger charge is 2.12. The number of halogens is 1. The molecule has 2 aromatic rings. The molecule has 0 saturated carbocycles. The van der Waals surface area contributed by atoms with Crippen molar-refractivity contribution in [1.82, 2.24) is 5.32 Å². The third-order valence-corrected chi connectivity index (χ3v) is 3.61. The third-order valence-electron chi connectivity index (χ3n) is 3.61. The van der Waals surface area contributed by atoms with Crippen LogP contribution in [0.25, 0.3) is 0 Å². The van der Waals surface area contributed by atoms with Crippen molar-refractivity contribution in [3.05, 3.63) is 53.8 Å². The van der Waals surface area contributed by atoms with Gasteiger partial charge in [0.1, 0.15) is 5.82 Å². The molecule has 0 aliphatic rings. The molecule has 0 heterocycles. The zero-order valence-corrected chi connectivity index (χ0v) is 13.9. The number of anilines is 1. The van der Waals surface area contributed by atoms with Crippen molar-refractivity contribution < 1.29 is 18.7 Å². The number of hydrogen-bond donors (Lipinski definition) is 2. The minimum Gasteiger partial charge on any atom is -0.493 e. The van der Waals surface area contributed by atoms with Gasteiger partial charge in [-0.05, 0) is 25.1 Å². The third kappa shape index (κ3) is 4.45. The van der Waals surface area contributed by atoms with Gasteiger partial charge in [0, 0.05) is 23.4 Å². The summed E-state index contributed by atoms with van der Waals surface area (Å²) in [4.78, 5) is 12.0. The predicted molar refractivity (Wildman–Crippen MR) is 91.0 cm³/mol. The lowest BCUT2D eigenvalue weighted by molar-refractivity contribution is -0.115. The number of amides is 1. The van der Waals surface area contributed by atoms with Gasteiger partial charge in [-0.2, -0.15) is 0 Å². The molecule has 1 atom stereocenters. The summed E-state index contributed by atoms with van der Waals surface area (Å²) in [6.07, 6.45) is 0. The molecule has 0 saturated heterocycles. The van der Waals surface area contributed by atoms with Gasteiger partial charge < -0.3 is 20.1 Å². The summed E-state index contributed by atoms with van der Waals surface area (Å²) in [5, 5.41) is 5.76. The highest BCUT2D eigenvalue weighted by molar-refractivity contribution is 5.92. The Morgan fingerprint density at radius 1 is 1.12 bits per heavy atom. The van der Waals surface area contributed by atoms with Crippen LogP contribution in [0.15, 0.2) is 42.5 Å². The second-order valence-corrected chi connectivity index (χ2v) is 5.24. The van der Waals surface area contributed by atoms with E-state index in [1.807, 2.05) is 6.92 Å². The maximum atomic E-state index is 13.7. The van der Waals surface area contributed by atoms with Crippen LogP contribution in [0.2, 0.25) is 0 Å². The molecule has 2 N–H and O–H groups in total. The number of carbonyl (C=O) groups is 1. The van der Waals surface area contributed by atoms with E-state index in [0.29, 0.717) is 22.7 Å². The lowest BCUT2D eigenvalue weighted by atomic mass is 10.1. The summed E-state index contributed by atoms with van der Waals surface area (Å²) in [6, 6.07) is 11.3. The van der Waals surface area contributed by atoms with E-state index in [0.717, 1.165) is 0 Å². The van der Waals surface area contributed by atoms with Gasteiger partial charge in [0.25, 0.3) is 0 Å². The first-order chi connectivity index (χ1) is 11.5. The zero-order chi connectivity index (χ0) is 17.5. The van der Waals surface area contributed by atoms with Crippen molar-refractivity contribution in [2.45, 2.75) is 13.0 Å². The fraction of sp³-hybridized carbons (Fsp3) is 0.278. The Bertz CT molecular complexity index is 706. The summed E-state index contributed by atoms with van der Waals surface area (Å²) < 4.78 is 24.0. The summed E-state index contributed by atoms with van der Waals surface area (Å²) in [6.45, 7) is 1.87. The average Bonchev–Trinajstić information content (AvgIpc) is 2.60. The van der Waals surface area contributed by atoms with Crippen LogP contribution in [0.4, 0.5) is 10.1 Å². The minimum atomic E-state index is -0.294. The second kappa shape index (κ2) is 8.31. The topological polar surface area (TPSA) is 59.6 Å². The fourth-order valence-corrected chi connectivity index (χ4v) is 2.30. The van der Waals surface area contributed by atoms with Gasteiger partial charge in [-0.25, -0.2) is 4.39 Å². The zero-order valence-electron chi connectivity index (χ0n) is 13.9. The van der Waals surface area contributed by atoms with E-state index < -0.39 is 0 Å². The van der Waals surface area contributed by atoms with E-state index in [1.165, 1.54) is 13.2 Å². The molecule has 0 bridgehead atoms. The van der Waals surface area contributed by atoms with Crippen molar-refractivity contribution in [2.24, 2.45) is 0 Å². The molecule has 2 aromatic carbocycles. The van der Waals surface area contributed by atoms with Gasteiger partial charge in [0.05, 0.1) is 20.8 Å². The molecule has 0 fully saturated rings. The molecule has 128 valence electrons. The van der Waals surface area contributed by atoms with Crippen LogP contribution in [0.5, 0.6) is 11.5 Å². The quantitative estimate of drug-likeness (QED) is 0.818. The van der Waals surface area contributed by atoms with Gasteiger partial charge in [0.15, 0.2) is 11.5 Å². The van der Waals surface area contributed by atoms with Gasteiger partial charge in [-0.15, -0.1) is 0 Å². The Labute approximate surface area is 140 Å². The highest BCUT2D eigenvalue weighted by Crippen LogP contribution is 2.29. The van der Waals surface area contributed by atoms with Crippen molar-refractivity contribution in [3.63, 3.8) is 0 Å². The monoisotopic (exact) mass is 332 g/mol. The van der Waals surface area contributed by atoms with Crippen LogP contribution in [-0.2, 0) is 4.79 Å². The predicted octanol–water partition coefficient (Wildman–Crippen LogP) is 3.13. The molecule has 0 radical (unpaired) electrons. The molecule has 0 aromatic heterocycles. The molecular weight excluding hydrogens is 311 g/mol. The summed E-state index contributed by atoms with van der Waals surface area (Å²) >= 11 is 0. The van der Waals surface area contributed by atoms with E-state index in [2.05, 4.69) is 10.6 Å². The van der Waals surface area contributed by atoms with Gasteiger partial charge in [-0.3, -0.25) is 4.79 Å². The molecule has 5 nitrogen and oxygen atoms in total. The summed E-state index contributed by atoms with van der Waals surface area (Å²) in [7, 11) is 3.07. The molecule has 2 rings (SSSR count). The first-order valence-electron chi connectivity index (χ1n) is 7.55. The Balaban J connectivity index is 1.93. The van der Waals surface area contributed by atoms with E-state index in [-0.39, 0.29) is 24.3 Å². The van der Waals surface area contributed by atoms with Crippen molar-refractivity contribution in [2.75, 3.05) is 26.1 Å². The molecule has 0 aliphatic carbocycles. The largest absolute Gasteiger partial charge is 0.493 e. The number of methoxy groups -OCH3 is 2. The first-order valence-corrected chi connectivity index (χ1v) is 7.55. The van der Waals surface area contributed by atoms with Gasteiger partial charge in [-0.1, -0.05) is 18.2 Å². The Morgan fingerprint density at radius 2 is 1.83 bits per heavy atom. The number of carbonyl (C=O) groups excluding carboxylic acids is 1. The smallest absolute Gasteiger partial charge is 0.238 e. The van der Waals surface area contributed by atoms with Crippen LogP contribution in [0.1, 0.15) is 18.5 Å². The van der Waals surface area contributed by atoms with Crippen LogP contribution in [-0.4, -0.2) is 26.7 Å². The van der Waals surface area contributed by atoms with E-state index in [1.54, 1.807) is 43.5 Å². The van der Waals surface area contributed by atoms with Crippen molar-refractivity contribution in [3.8, 4) is 11.5 Å². The van der Waals surface area contributed by atoms with Crippen molar-refractivity contribution >= 4 is 11.6 Å². The lowest BCUT2D eigenvalue weighted by Gasteiger charge is -2.15. The molecule has 24 heavy (non-hydrogen) atoms. The summed E-state index contributed by atoms with van der Waals surface area (Å²) in [5.74, 6) is 0.591. The molecule has 6 heteroatoms. The number of nitrogens with one attached hydrogen (secondary N) is 2. The van der Waals surface area contributed by atoms with Crippen LogP contribution < -0.4 is 20.1 Å². The molecule has 1 amide bonds. The lowest BCUT2D eigenvalue weighted by Crippen LogP contribution is -2.30. The maximum Gasteiger partial charge on any atom is 0.238 e. The fourth-order valence-electron chi connectivity index (χ4n) is 2.30. The van der Waals surface area contributed by atoms with Gasteiger partial charge >= 0.3 is 0 Å². The van der Waals surface area contributed by atoms with Crippen LogP contribution in [0.3, 0.4) is 0 Å². The van der Waals surface area contributed by atoms with Crippen LogP contribution >= 0.6 is 0 Å². The van der Waals surface area contributed by atoms with Crippen molar-refractivity contribution in [1.29, 1.82) is 0 Å². The minimum absolute atomic E-state index is 0.0594. The van der Waals surface area contributed by atoms with E-state index in [4.69, 9.17) is 9.47 Å².